The van der Waals surface area contributed by atoms with Gasteiger partial charge in [-0.05, 0) is 67.6 Å². The molecule has 2 fully saturated rings. The molecule has 3 heterocycles. The van der Waals surface area contributed by atoms with E-state index in [-0.39, 0.29) is 11.5 Å². The van der Waals surface area contributed by atoms with Crippen LogP contribution in [0.1, 0.15) is 55.5 Å². The third-order valence-electron chi connectivity index (χ3n) is 7.55. The van der Waals surface area contributed by atoms with Crippen molar-refractivity contribution >= 4 is 23.2 Å². The number of benzene rings is 2. The van der Waals surface area contributed by atoms with Crippen LogP contribution in [0.2, 0.25) is 10.0 Å². The zero-order valence-electron chi connectivity index (χ0n) is 19.1. The van der Waals surface area contributed by atoms with Crippen molar-refractivity contribution in [2.75, 3.05) is 13.1 Å². The number of nitrogens with one attached hydrogen (secondary N) is 1. The number of halogens is 2. The summed E-state index contributed by atoms with van der Waals surface area (Å²) in [6.07, 6.45) is 6.49. The number of hydrogen-bond donors (Lipinski definition) is 1. The summed E-state index contributed by atoms with van der Waals surface area (Å²) in [5.74, 6) is 0. The van der Waals surface area contributed by atoms with Crippen LogP contribution in [0.5, 0.6) is 0 Å². The molecule has 2 saturated heterocycles. The minimum absolute atomic E-state index is 0.0467. The summed E-state index contributed by atoms with van der Waals surface area (Å²) < 4.78 is 0. The van der Waals surface area contributed by atoms with Crippen molar-refractivity contribution in [2.24, 2.45) is 0 Å². The second-order valence-corrected chi connectivity index (χ2v) is 10.3. The van der Waals surface area contributed by atoms with Crippen molar-refractivity contribution < 1.29 is 0 Å². The van der Waals surface area contributed by atoms with Gasteiger partial charge in [-0.1, -0.05) is 72.6 Å². The molecular formula is C28H31Cl2N3. The summed E-state index contributed by atoms with van der Waals surface area (Å²) in [5, 5.41) is 5.25. The van der Waals surface area contributed by atoms with Crippen LogP contribution < -0.4 is 5.32 Å². The van der Waals surface area contributed by atoms with Gasteiger partial charge in [-0.25, -0.2) is 0 Å². The molecule has 5 rings (SSSR count). The number of pyridine rings is 1. The molecule has 3 nitrogen and oxygen atoms in total. The van der Waals surface area contributed by atoms with Gasteiger partial charge in [0.05, 0.1) is 6.04 Å². The predicted octanol–water partition coefficient (Wildman–Crippen LogP) is 6.65. The van der Waals surface area contributed by atoms with Gasteiger partial charge in [0, 0.05) is 46.0 Å². The Kier molecular flexibility index (Phi) is 6.76. The molecule has 0 radical (unpaired) electrons. The molecule has 1 N–H and O–H groups in total. The average Bonchev–Trinajstić information content (AvgIpc) is 3.10. The molecule has 0 aliphatic carbocycles. The van der Waals surface area contributed by atoms with Crippen molar-refractivity contribution in [3.05, 3.63) is 99.8 Å². The Bertz CT molecular complexity index is 1030. The minimum atomic E-state index is 0.0467. The number of hydrogen-bond acceptors (Lipinski definition) is 3. The number of piperidine rings is 1. The highest BCUT2D eigenvalue weighted by atomic mass is 35.5. The zero-order valence-corrected chi connectivity index (χ0v) is 20.6. The Hall–Kier alpha value is -1.91. The van der Waals surface area contributed by atoms with E-state index in [4.69, 9.17) is 28.2 Å². The van der Waals surface area contributed by atoms with Crippen LogP contribution in [-0.4, -0.2) is 35.1 Å². The van der Waals surface area contributed by atoms with E-state index in [2.05, 4.69) is 53.5 Å². The van der Waals surface area contributed by atoms with Gasteiger partial charge >= 0.3 is 0 Å². The van der Waals surface area contributed by atoms with Gasteiger partial charge in [0.1, 0.15) is 0 Å². The van der Waals surface area contributed by atoms with Crippen molar-refractivity contribution in [3.8, 4) is 0 Å². The summed E-state index contributed by atoms with van der Waals surface area (Å²) >= 11 is 13.6. The lowest BCUT2D eigenvalue weighted by atomic mass is 9.71. The van der Waals surface area contributed by atoms with E-state index >= 15 is 0 Å². The fourth-order valence-electron chi connectivity index (χ4n) is 6.17. The van der Waals surface area contributed by atoms with Crippen LogP contribution in [-0.2, 0) is 5.41 Å². The lowest BCUT2D eigenvalue weighted by molar-refractivity contribution is 0.0556. The molecule has 3 atom stereocenters. The highest BCUT2D eigenvalue weighted by Gasteiger charge is 2.52. The molecule has 2 aliphatic rings. The fourth-order valence-corrected chi connectivity index (χ4v) is 6.65. The Morgan fingerprint density at radius 2 is 1.48 bits per heavy atom. The largest absolute Gasteiger partial charge is 0.316 e. The third-order valence-corrected chi connectivity index (χ3v) is 8.24. The fraction of sp³-hybridized carbons (Fsp3) is 0.393. The van der Waals surface area contributed by atoms with Crippen molar-refractivity contribution in [1.29, 1.82) is 0 Å². The van der Waals surface area contributed by atoms with Gasteiger partial charge in [0.15, 0.2) is 0 Å². The number of rotatable bonds is 7. The third kappa shape index (κ3) is 4.33. The van der Waals surface area contributed by atoms with E-state index in [0.29, 0.717) is 12.1 Å². The lowest BCUT2D eigenvalue weighted by Crippen LogP contribution is -2.54. The van der Waals surface area contributed by atoms with E-state index in [9.17, 15) is 0 Å². The maximum absolute atomic E-state index is 6.79. The predicted molar refractivity (Wildman–Crippen MR) is 137 cm³/mol. The van der Waals surface area contributed by atoms with Crippen LogP contribution in [0.25, 0.3) is 0 Å². The number of likely N-dealkylation sites (N-methyl/N-ethyl adjacent to an activating group) is 1. The summed E-state index contributed by atoms with van der Waals surface area (Å²) in [6, 6.07) is 23.8. The zero-order chi connectivity index (χ0) is 22.8. The van der Waals surface area contributed by atoms with E-state index in [1.807, 2.05) is 36.5 Å². The molecule has 0 amide bonds. The van der Waals surface area contributed by atoms with E-state index < -0.39 is 0 Å². The topological polar surface area (TPSA) is 28.2 Å². The Morgan fingerprint density at radius 1 is 0.909 bits per heavy atom. The van der Waals surface area contributed by atoms with Crippen molar-refractivity contribution in [3.63, 3.8) is 0 Å². The minimum Gasteiger partial charge on any atom is -0.316 e. The van der Waals surface area contributed by atoms with E-state index in [1.165, 1.54) is 18.5 Å². The summed E-state index contributed by atoms with van der Waals surface area (Å²) in [7, 11) is 0. The van der Waals surface area contributed by atoms with Gasteiger partial charge < -0.3 is 5.32 Å². The van der Waals surface area contributed by atoms with Crippen LogP contribution in [0.4, 0.5) is 0 Å². The number of fused-ring (bicyclic) bond motifs is 2. The lowest BCUT2D eigenvalue weighted by Gasteiger charge is -2.49. The van der Waals surface area contributed by atoms with Crippen LogP contribution in [0.3, 0.4) is 0 Å². The molecule has 172 valence electrons. The van der Waals surface area contributed by atoms with Crippen LogP contribution >= 0.6 is 23.2 Å². The highest BCUT2D eigenvalue weighted by Crippen LogP contribution is 2.52. The van der Waals surface area contributed by atoms with Gasteiger partial charge in [-0.3, -0.25) is 9.88 Å². The number of aromatic nitrogens is 1. The first-order valence-electron chi connectivity index (χ1n) is 12.0. The first-order chi connectivity index (χ1) is 16.1. The first-order valence-corrected chi connectivity index (χ1v) is 12.8. The molecule has 3 aromatic rings. The molecule has 33 heavy (non-hydrogen) atoms. The monoisotopic (exact) mass is 479 g/mol. The van der Waals surface area contributed by atoms with Gasteiger partial charge in [-0.2, -0.15) is 0 Å². The molecule has 0 spiro atoms. The molecular weight excluding hydrogens is 449 g/mol. The average molecular weight is 480 g/mol. The maximum atomic E-state index is 6.79. The highest BCUT2D eigenvalue weighted by molar-refractivity contribution is 6.32. The Balaban J connectivity index is 1.57. The molecule has 1 aromatic heterocycles. The first kappa shape index (κ1) is 22.9. The van der Waals surface area contributed by atoms with Crippen LogP contribution in [0, 0.1) is 0 Å². The molecule has 2 aromatic carbocycles. The van der Waals surface area contributed by atoms with E-state index in [0.717, 1.165) is 47.1 Å². The molecule has 0 saturated carbocycles. The molecule has 5 heteroatoms. The SMILES string of the molecule is CCNCC1(c2ccccn2)C[C@H]2CC[C@@H](C1)N2C(c1ccccc1Cl)c1ccccc1Cl. The quantitative estimate of drug-likeness (QED) is 0.410. The molecule has 2 bridgehead atoms. The second kappa shape index (κ2) is 9.76. The van der Waals surface area contributed by atoms with Crippen molar-refractivity contribution in [1.82, 2.24) is 15.2 Å². The maximum Gasteiger partial charge on any atom is 0.0636 e. The molecule has 2 aliphatic heterocycles. The summed E-state index contributed by atoms with van der Waals surface area (Å²) in [5.41, 5.74) is 3.54. The normalized spacial score (nSPS) is 25.0. The molecule has 1 unspecified atom stereocenters. The summed E-state index contributed by atoms with van der Waals surface area (Å²) in [4.78, 5) is 7.56. The van der Waals surface area contributed by atoms with Gasteiger partial charge in [-0.15, -0.1) is 0 Å². The van der Waals surface area contributed by atoms with Gasteiger partial charge in [0.2, 0.25) is 0 Å². The smallest absolute Gasteiger partial charge is 0.0636 e. The van der Waals surface area contributed by atoms with Gasteiger partial charge in [0.25, 0.3) is 0 Å². The summed E-state index contributed by atoms with van der Waals surface area (Å²) in [6.45, 7) is 4.11. The Morgan fingerprint density at radius 3 is 2.00 bits per heavy atom. The number of nitrogens with zero attached hydrogens (tertiary/aromatic N) is 2. The van der Waals surface area contributed by atoms with E-state index in [1.54, 1.807) is 0 Å². The van der Waals surface area contributed by atoms with Crippen molar-refractivity contribution in [2.45, 2.75) is 56.1 Å². The van der Waals surface area contributed by atoms with Crippen LogP contribution in [0.15, 0.2) is 72.9 Å². The standard InChI is InChI=1S/C28H31Cl2N3/c1-2-31-19-28(26-13-7-8-16-32-26)17-20-14-15-21(18-28)33(20)27(22-9-3-5-11-24(22)29)23-10-4-6-12-25(23)30/h3-13,16,20-21,27,31H,2,14-15,17-19H2,1H3/t20-,21+,28?. The Labute approximate surface area is 207 Å². The second-order valence-electron chi connectivity index (χ2n) is 9.46.